The molecule has 5 heteroatoms. The zero-order valence-corrected chi connectivity index (χ0v) is 11.5. The lowest BCUT2D eigenvalue weighted by Crippen LogP contribution is -2.06. The quantitative estimate of drug-likeness (QED) is 0.916. The maximum absolute atomic E-state index is 12.6. The van der Waals surface area contributed by atoms with Crippen LogP contribution in [0.4, 0.5) is 13.2 Å². The molecule has 2 aromatic rings. The Morgan fingerprint density at radius 1 is 1.10 bits per heavy atom. The molecule has 0 amide bonds. The molecule has 0 atom stereocenters. The summed E-state index contributed by atoms with van der Waals surface area (Å²) in [7, 11) is 0. The Hall–Kier alpha value is -1.75. The van der Waals surface area contributed by atoms with E-state index in [0.29, 0.717) is 6.54 Å². The van der Waals surface area contributed by atoms with Crippen molar-refractivity contribution in [2.45, 2.75) is 26.4 Å². The summed E-state index contributed by atoms with van der Waals surface area (Å²) in [4.78, 5) is 0. The fraction of sp³-hybridized carbons (Fsp3) is 0.333. The van der Waals surface area contributed by atoms with Gasteiger partial charge in [-0.05, 0) is 62.7 Å². The first-order valence-electron chi connectivity index (χ1n) is 6.40. The molecule has 0 fully saturated rings. The van der Waals surface area contributed by atoms with Crippen molar-refractivity contribution in [3.05, 3.63) is 52.8 Å². The lowest BCUT2D eigenvalue weighted by molar-refractivity contribution is -0.137. The molecular weight excluding hydrogens is 265 g/mol. The van der Waals surface area contributed by atoms with Gasteiger partial charge < -0.3 is 10.3 Å². The van der Waals surface area contributed by atoms with Gasteiger partial charge in [0.2, 0.25) is 0 Å². The van der Waals surface area contributed by atoms with Crippen LogP contribution in [0.15, 0.2) is 30.3 Å². The van der Waals surface area contributed by atoms with E-state index < -0.39 is 11.7 Å². The van der Waals surface area contributed by atoms with Crippen LogP contribution in [0.25, 0.3) is 5.69 Å². The smallest absolute Gasteiger partial charge is 0.330 e. The molecule has 2 nitrogen and oxygen atoms in total. The summed E-state index contributed by atoms with van der Waals surface area (Å²) in [5.41, 5.74) is 8.80. The first-order chi connectivity index (χ1) is 9.34. The number of hydrogen-bond acceptors (Lipinski definition) is 1. The van der Waals surface area contributed by atoms with Crippen molar-refractivity contribution in [3.8, 4) is 5.69 Å². The van der Waals surface area contributed by atoms with Gasteiger partial charge in [0.15, 0.2) is 0 Å². The minimum Gasteiger partial charge on any atom is -0.330 e. The number of alkyl halides is 3. The predicted octanol–water partition coefficient (Wildman–Crippen LogP) is 3.61. The van der Waals surface area contributed by atoms with Crippen LogP contribution < -0.4 is 5.73 Å². The van der Waals surface area contributed by atoms with Gasteiger partial charge in [-0.25, -0.2) is 0 Å². The van der Waals surface area contributed by atoms with E-state index in [1.165, 1.54) is 12.1 Å². The zero-order chi connectivity index (χ0) is 14.9. The summed E-state index contributed by atoms with van der Waals surface area (Å²) in [6.07, 6.45) is -3.54. The molecule has 0 saturated heterocycles. The molecule has 1 aromatic carbocycles. The second-order valence-corrected chi connectivity index (χ2v) is 4.82. The Morgan fingerprint density at radius 2 is 1.70 bits per heavy atom. The van der Waals surface area contributed by atoms with Crippen molar-refractivity contribution in [1.29, 1.82) is 0 Å². The molecule has 20 heavy (non-hydrogen) atoms. The normalized spacial score (nSPS) is 11.9. The average Bonchev–Trinajstić information content (AvgIpc) is 2.64. The first-order valence-corrected chi connectivity index (χ1v) is 6.40. The SMILES string of the molecule is Cc1cc(CCN)c(C)n1-c1ccc(C(F)(F)F)cc1. The van der Waals surface area contributed by atoms with Crippen LogP contribution in [-0.4, -0.2) is 11.1 Å². The topological polar surface area (TPSA) is 30.9 Å². The Bertz CT molecular complexity index is 595. The fourth-order valence-electron chi connectivity index (χ4n) is 2.43. The highest BCUT2D eigenvalue weighted by Gasteiger charge is 2.30. The molecule has 0 aliphatic rings. The molecule has 1 aromatic heterocycles. The van der Waals surface area contributed by atoms with Gasteiger partial charge in [-0.15, -0.1) is 0 Å². The van der Waals surface area contributed by atoms with Crippen molar-refractivity contribution < 1.29 is 13.2 Å². The van der Waals surface area contributed by atoms with Crippen LogP contribution in [0.1, 0.15) is 22.5 Å². The Morgan fingerprint density at radius 3 is 2.20 bits per heavy atom. The van der Waals surface area contributed by atoms with Crippen molar-refractivity contribution >= 4 is 0 Å². The number of rotatable bonds is 3. The van der Waals surface area contributed by atoms with Gasteiger partial charge in [0.05, 0.1) is 5.56 Å². The van der Waals surface area contributed by atoms with E-state index in [0.717, 1.165) is 41.2 Å². The van der Waals surface area contributed by atoms with E-state index in [1.54, 1.807) is 0 Å². The third-order valence-electron chi connectivity index (χ3n) is 3.40. The molecule has 2 rings (SSSR count). The Kier molecular flexibility index (Phi) is 3.90. The average molecular weight is 282 g/mol. The summed E-state index contributed by atoms with van der Waals surface area (Å²) in [5.74, 6) is 0. The predicted molar refractivity (Wildman–Crippen MR) is 73.0 cm³/mol. The van der Waals surface area contributed by atoms with Crippen LogP contribution in [0.3, 0.4) is 0 Å². The van der Waals surface area contributed by atoms with Gasteiger partial charge in [-0.2, -0.15) is 13.2 Å². The van der Waals surface area contributed by atoms with Gasteiger partial charge in [0.1, 0.15) is 0 Å². The van der Waals surface area contributed by atoms with E-state index in [2.05, 4.69) is 0 Å². The maximum Gasteiger partial charge on any atom is 0.416 e. The fourth-order valence-corrected chi connectivity index (χ4v) is 2.43. The van der Waals surface area contributed by atoms with E-state index in [-0.39, 0.29) is 0 Å². The third kappa shape index (κ3) is 2.72. The molecule has 1 heterocycles. The number of aromatic nitrogens is 1. The molecule has 0 aliphatic carbocycles. The van der Waals surface area contributed by atoms with E-state index in [4.69, 9.17) is 5.73 Å². The summed E-state index contributed by atoms with van der Waals surface area (Å²) >= 11 is 0. The molecule has 0 aliphatic heterocycles. The van der Waals surface area contributed by atoms with Crippen LogP contribution in [0.2, 0.25) is 0 Å². The standard InChI is InChI=1S/C15H17F3N2/c1-10-9-12(7-8-19)11(2)20(10)14-5-3-13(4-6-14)15(16,17)18/h3-6,9H,7-8,19H2,1-2H3. The van der Waals surface area contributed by atoms with E-state index in [9.17, 15) is 13.2 Å². The van der Waals surface area contributed by atoms with Crippen LogP contribution >= 0.6 is 0 Å². The van der Waals surface area contributed by atoms with Crippen molar-refractivity contribution in [2.75, 3.05) is 6.54 Å². The van der Waals surface area contributed by atoms with E-state index in [1.807, 2.05) is 24.5 Å². The second kappa shape index (κ2) is 5.32. The van der Waals surface area contributed by atoms with Crippen LogP contribution in [-0.2, 0) is 12.6 Å². The highest BCUT2D eigenvalue weighted by molar-refractivity contribution is 5.42. The molecule has 0 saturated carbocycles. The number of halogens is 3. The monoisotopic (exact) mass is 282 g/mol. The first kappa shape index (κ1) is 14.7. The van der Waals surface area contributed by atoms with Gasteiger partial charge in [0.25, 0.3) is 0 Å². The minimum atomic E-state index is -4.30. The summed E-state index contributed by atoms with van der Waals surface area (Å²) in [5, 5.41) is 0. The van der Waals surface area contributed by atoms with Gasteiger partial charge in [0, 0.05) is 17.1 Å². The lowest BCUT2D eigenvalue weighted by Gasteiger charge is -2.12. The number of benzene rings is 1. The number of hydrogen-bond donors (Lipinski definition) is 1. The van der Waals surface area contributed by atoms with Gasteiger partial charge in [-0.3, -0.25) is 0 Å². The van der Waals surface area contributed by atoms with Gasteiger partial charge in [-0.1, -0.05) is 0 Å². The molecular formula is C15H17F3N2. The Balaban J connectivity index is 2.42. The Labute approximate surface area is 116 Å². The number of aryl methyl sites for hydroxylation is 1. The summed E-state index contributed by atoms with van der Waals surface area (Å²) in [6.45, 7) is 4.44. The number of nitrogens with two attached hydrogens (primary N) is 1. The van der Waals surface area contributed by atoms with Crippen LogP contribution in [0.5, 0.6) is 0 Å². The molecule has 0 radical (unpaired) electrons. The highest BCUT2D eigenvalue weighted by Crippen LogP contribution is 2.30. The largest absolute Gasteiger partial charge is 0.416 e. The minimum absolute atomic E-state index is 0.553. The van der Waals surface area contributed by atoms with Crippen molar-refractivity contribution in [1.82, 2.24) is 4.57 Å². The molecule has 108 valence electrons. The molecule has 0 unspecified atom stereocenters. The molecule has 0 bridgehead atoms. The second-order valence-electron chi connectivity index (χ2n) is 4.82. The highest BCUT2D eigenvalue weighted by atomic mass is 19.4. The third-order valence-corrected chi connectivity index (χ3v) is 3.40. The zero-order valence-electron chi connectivity index (χ0n) is 11.5. The van der Waals surface area contributed by atoms with E-state index >= 15 is 0 Å². The maximum atomic E-state index is 12.6. The van der Waals surface area contributed by atoms with Crippen molar-refractivity contribution in [3.63, 3.8) is 0 Å². The van der Waals surface area contributed by atoms with Crippen molar-refractivity contribution in [2.24, 2.45) is 5.73 Å². The van der Waals surface area contributed by atoms with Gasteiger partial charge >= 0.3 is 6.18 Å². The number of nitrogens with zero attached hydrogens (tertiary/aromatic N) is 1. The van der Waals surface area contributed by atoms with Crippen LogP contribution in [0, 0.1) is 13.8 Å². The lowest BCUT2D eigenvalue weighted by atomic mass is 10.2. The summed E-state index contributed by atoms with van der Waals surface area (Å²) < 4.78 is 39.6. The molecule has 0 spiro atoms. The summed E-state index contributed by atoms with van der Waals surface area (Å²) in [6, 6.07) is 7.23. The molecule has 2 N–H and O–H groups in total.